The molecular formula is C75H58N2. The minimum absolute atomic E-state index is 0.139. The molecule has 2 heterocycles. The Bertz CT molecular complexity index is 4350. The average Bonchev–Trinajstić information content (AvgIpc) is 3.80. The molecule has 12 aromatic rings. The molecular weight excluding hydrogens is 929 g/mol. The average molecular weight is 987 g/mol. The highest BCUT2D eigenvalue weighted by atomic mass is 15.2. The van der Waals surface area contributed by atoms with Crippen LogP contribution in [0.15, 0.2) is 243 Å². The van der Waals surface area contributed by atoms with Crippen LogP contribution in [0.4, 0.5) is 34.1 Å². The Labute approximate surface area is 452 Å². The van der Waals surface area contributed by atoms with Crippen molar-refractivity contribution >= 4 is 66.4 Å². The highest BCUT2D eigenvalue weighted by Gasteiger charge is 2.39. The van der Waals surface area contributed by atoms with Gasteiger partial charge in [0.05, 0.1) is 22.7 Å². The standard InChI is InChI=1S/C75H58N2/c1-73(2)61-26-12-11-24-54(61)55-40-37-49(44-66(55)73)53-23-9-10-25-56(53)72-58-42-39-51(76-67-31-17-13-27-62(67)74(3,4)63-28-14-18-32-68(63)76)45-59(58)71(50-36-35-47-21-7-8-22-48(47)43-50)57-41-38-52(46-60(57)72)77-69-33-19-15-29-64(69)75(5,6)65-30-16-20-34-70(65)77/h7-46H,1-6H3. The molecule has 0 N–H and O–H groups in total. The van der Waals surface area contributed by atoms with E-state index in [4.69, 9.17) is 0 Å². The minimum Gasteiger partial charge on any atom is -0.310 e. The SMILES string of the molecule is CC1(C)c2ccccc2-c2ccc(-c3ccccc3-c3c4ccc(N5c6ccccc6C(C)(C)c6ccccc65)cc4c(-c4ccc5ccccc5c4)c4ccc(N5c6ccccc6C(C)(C)c6ccccc65)cc34)cc21. The monoisotopic (exact) mass is 986 g/mol. The lowest BCUT2D eigenvalue weighted by Crippen LogP contribution is -2.30. The van der Waals surface area contributed by atoms with Crippen molar-refractivity contribution in [3.63, 3.8) is 0 Å². The summed E-state index contributed by atoms with van der Waals surface area (Å²) in [5, 5.41) is 7.30. The lowest BCUT2D eigenvalue weighted by Gasteiger charge is -2.42. The fourth-order valence-corrected chi connectivity index (χ4v) is 14.1. The lowest BCUT2D eigenvalue weighted by atomic mass is 9.73. The number of hydrogen-bond donors (Lipinski definition) is 0. The highest BCUT2D eigenvalue weighted by molar-refractivity contribution is 6.24. The summed E-state index contributed by atoms with van der Waals surface area (Å²) in [7, 11) is 0. The number of fused-ring (bicyclic) bond motifs is 10. The van der Waals surface area contributed by atoms with Gasteiger partial charge in [0.25, 0.3) is 0 Å². The van der Waals surface area contributed by atoms with Gasteiger partial charge in [0, 0.05) is 27.6 Å². The zero-order valence-electron chi connectivity index (χ0n) is 44.5. The van der Waals surface area contributed by atoms with E-state index in [9.17, 15) is 0 Å². The van der Waals surface area contributed by atoms with Crippen LogP contribution in [0.5, 0.6) is 0 Å². The predicted molar refractivity (Wildman–Crippen MR) is 326 cm³/mol. The molecule has 12 aromatic carbocycles. The summed E-state index contributed by atoms with van der Waals surface area (Å²) in [6.45, 7) is 14.2. The first kappa shape index (κ1) is 45.4. The largest absolute Gasteiger partial charge is 0.310 e. The van der Waals surface area contributed by atoms with Gasteiger partial charge in [-0.05, 0) is 171 Å². The van der Waals surface area contributed by atoms with Crippen LogP contribution >= 0.6 is 0 Å². The van der Waals surface area contributed by atoms with Gasteiger partial charge in [-0.25, -0.2) is 0 Å². The normalized spacial score (nSPS) is 15.1. The summed E-state index contributed by atoms with van der Waals surface area (Å²) in [6, 6.07) is 91.9. The van der Waals surface area contributed by atoms with Crippen molar-refractivity contribution in [2.75, 3.05) is 9.80 Å². The van der Waals surface area contributed by atoms with Gasteiger partial charge >= 0.3 is 0 Å². The fraction of sp³-hybridized carbons (Fsp3) is 0.120. The molecule has 0 spiro atoms. The Morgan fingerprint density at radius 2 is 0.649 bits per heavy atom. The first-order valence-corrected chi connectivity index (χ1v) is 27.3. The summed E-state index contributed by atoms with van der Waals surface area (Å²) in [5.74, 6) is 0. The molecule has 368 valence electrons. The van der Waals surface area contributed by atoms with Crippen molar-refractivity contribution in [3.8, 4) is 44.5 Å². The lowest BCUT2D eigenvalue weighted by molar-refractivity contribution is 0.632. The van der Waals surface area contributed by atoms with Gasteiger partial charge in [-0.3, -0.25) is 0 Å². The van der Waals surface area contributed by atoms with Crippen molar-refractivity contribution in [1.82, 2.24) is 0 Å². The third-order valence-electron chi connectivity index (χ3n) is 18.0. The molecule has 0 saturated carbocycles. The van der Waals surface area contributed by atoms with Gasteiger partial charge in [-0.1, -0.05) is 224 Å². The molecule has 0 aromatic heterocycles. The summed E-state index contributed by atoms with van der Waals surface area (Å²) in [6.07, 6.45) is 0. The molecule has 77 heavy (non-hydrogen) atoms. The Balaban J connectivity index is 1.06. The van der Waals surface area contributed by atoms with E-state index < -0.39 is 0 Å². The minimum atomic E-state index is -0.182. The number of hydrogen-bond acceptors (Lipinski definition) is 2. The third kappa shape index (κ3) is 6.55. The smallest absolute Gasteiger partial charge is 0.0502 e. The molecule has 0 fully saturated rings. The topological polar surface area (TPSA) is 6.48 Å². The highest BCUT2D eigenvalue weighted by Crippen LogP contribution is 2.57. The molecule has 0 radical (unpaired) electrons. The van der Waals surface area contributed by atoms with Gasteiger partial charge in [0.1, 0.15) is 0 Å². The van der Waals surface area contributed by atoms with Gasteiger partial charge in [0.2, 0.25) is 0 Å². The molecule has 2 aliphatic heterocycles. The molecule has 0 unspecified atom stereocenters. The van der Waals surface area contributed by atoms with Crippen LogP contribution in [-0.2, 0) is 16.2 Å². The first-order chi connectivity index (χ1) is 37.5. The maximum atomic E-state index is 2.51. The number of para-hydroxylation sites is 4. The molecule has 0 amide bonds. The second-order valence-electron chi connectivity index (χ2n) is 23.2. The molecule has 0 atom stereocenters. The van der Waals surface area contributed by atoms with E-state index in [0.717, 1.165) is 11.4 Å². The van der Waals surface area contributed by atoms with Gasteiger partial charge in [-0.15, -0.1) is 0 Å². The van der Waals surface area contributed by atoms with Gasteiger partial charge < -0.3 is 9.80 Å². The van der Waals surface area contributed by atoms with Crippen LogP contribution in [0.2, 0.25) is 0 Å². The maximum Gasteiger partial charge on any atom is 0.0502 e. The number of anilines is 6. The van der Waals surface area contributed by atoms with Crippen molar-refractivity contribution in [2.24, 2.45) is 0 Å². The van der Waals surface area contributed by atoms with E-state index in [1.165, 1.54) is 133 Å². The second kappa shape index (κ2) is 16.5. The Morgan fingerprint density at radius 3 is 1.21 bits per heavy atom. The van der Waals surface area contributed by atoms with E-state index in [2.05, 4.69) is 294 Å². The fourth-order valence-electron chi connectivity index (χ4n) is 14.1. The predicted octanol–water partition coefficient (Wildman–Crippen LogP) is 20.7. The molecule has 0 bridgehead atoms. The number of nitrogens with zero attached hydrogens (tertiary/aromatic N) is 2. The Hall–Kier alpha value is -8.98. The van der Waals surface area contributed by atoms with E-state index in [1.807, 2.05) is 0 Å². The van der Waals surface area contributed by atoms with Crippen LogP contribution < -0.4 is 9.80 Å². The third-order valence-corrected chi connectivity index (χ3v) is 18.0. The molecule has 2 nitrogen and oxygen atoms in total. The van der Waals surface area contributed by atoms with Crippen molar-refractivity contribution in [2.45, 2.75) is 57.8 Å². The van der Waals surface area contributed by atoms with Crippen LogP contribution in [0.1, 0.15) is 74.9 Å². The van der Waals surface area contributed by atoms with Crippen molar-refractivity contribution in [1.29, 1.82) is 0 Å². The summed E-state index contributed by atoms with van der Waals surface area (Å²) in [5.41, 5.74) is 24.6. The number of rotatable bonds is 5. The van der Waals surface area contributed by atoms with E-state index in [-0.39, 0.29) is 16.2 Å². The Kier molecular flexibility index (Phi) is 9.74. The van der Waals surface area contributed by atoms with E-state index in [1.54, 1.807) is 0 Å². The zero-order chi connectivity index (χ0) is 52.0. The number of benzene rings is 12. The quantitative estimate of drug-likeness (QED) is 0.159. The van der Waals surface area contributed by atoms with Crippen molar-refractivity contribution < 1.29 is 0 Å². The molecule has 1 aliphatic carbocycles. The van der Waals surface area contributed by atoms with E-state index in [0.29, 0.717) is 0 Å². The second-order valence-corrected chi connectivity index (χ2v) is 23.2. The molecule has 2 heteroatoms. The summed E-state index contributed by atoms with van der Waals surface area (Å²) >= 11 is 0. The maximum absolute atomic E-state index is 2.51. The molecule has 15 rings (SSSR count). The Morgan fingerprint density at radius 1 is 0.247 bits per heavy atom. The van der Waals surface area contributed by atoms with Crippen molar-refractivity contribution in [3.05, 3.63) is 276 Å². The zero-order valence-corrected chi connectivity index (χ0v) is 44.5. The van der Waals surface area contributed by atoms with Crippen LogP contribution in [0.3, 0.4) is 0 Å². The van der Waals surface area contributed by atoms with Crippen LogP contribution in [0, 0.1) is 0 Å². The molecule has 0 saturated heterocycles. The first-order valence-electron chi connectivity index (χ1n) is 27.3. The van der Waals surface area contributed by atoms with Crippen LogP contribution in [-0.4, -0.2) is 0 Å². The van der Waals surface area contributed by atoms with Crippen LogP contribution in [0.25, 0.3) is 76.8 Å². The summed E-state index contributed by atoms with van der Waals surface area (Å²) in [4.78, 5) is 5.03. The van der Waals surface area contributed by atoms with Gasteiger partial charge in [0.15, 0.2) is 0 Å². The van der Waals surface area contributed by atoms with Gasteiger partial charge in [-0.2, -0.15) is 0 Å². The van der Waals surface area contributed by atoms with E-state index >= 15 is 0 Å². The molecule has 3 aliphatic rings. The summed E-state index contributed by atoms with van der Waals surface area (Å²) < 4.78 is 0.